The van der Waals surface area contributed by atoms with Gasteiger partial charge >= 0.3 is 0 Å². The van der Waals surface area contributed by atoms with E-state index >= 15 is 0 Å². The van der Waals surface area contributed by atoms with Crippen molar-refractivity contribution in [2.75, 3.05) is 26.9 Å². The molecule has 1 saturated heterocycles. The Morgan fingerprint density at radius 3 is 2.24 bits per heavy atom. The van der Waals surface area contributed by atoms with E-state index in [1.54, 1.807) is 7.11 Å². The monoisotopic (exact) mass is 233 g/mol. The maximum atomic E-state index is 5.98. The van der Waals surface area contributed by atoms with Gasteiger partial charge in [0.05, 0.1) is 20.3 Å². The summed E-state index contributed by atoms with van der Waals surface area (Å²) in [4.78, 5) is 0. The summed E-state index contributed by atoms with van der Waals surface area (Å²) in [7, 11) is 1.69. The molecule has 2 N–H and O–H groups in total. The quantitative estimate of drug-likeness (QED) is 0.861. The molecule has 1 aromatic rings. The number of hydrogen-bond donors (Lipinski definition) is 1. The molecule has 1 heterocycles. The zero-order valence-corrected chi connectivity index (χ0v) is 10.2. The van der Waals surface area contributed by atoms with Gasteiger partial charge in [0.25, 0.3) is 0 Å². The second kappa shape index (κ2) is 3.72. The molecule has 0 radical (unpaired) electrons. The number of hydrogen-bond acceptors (Lipinski definition) is 3. The molecule has 3 nitrogen and oxygen atoms in total. The number of methoxy groups -OCH3 is 1. The van der Waals surface area contributed by atoms with E-state index in [0.29, 0.717) is 5.41 Å². The number of nitrogens with two attached hydrogens (primary N) is 1. The Morgan fingerprint density at radius 2 is 1.88 bits per heavy atom. The number of rotatable bonds is 4. The summed E-state index contributed by atoms with van der Waals surface area (Å²) in [6.07, 6.45) is 2.47. The molecule has 0 amide bonds. The SMILES string of the molecule is COc1ccc(C2(C3(CN)CC3)COC2)cc1. The van der Waals surface area contributed by atoms with Crippen LogP contribution in [0.5, 0.6) is 5.75 Å². The van der Waals surface area contributed by atoms with Crippen LogP contribution in [0.2, 0.25) is 0 Å². The van der Waals surface area contributed by atoms with Gasteiger partial charge in [-0.25, -0.2) is 0 Å². The van der Waals surface area contributed by atoms with E-state index in [4.69, 9.17) is 15.2 Å². The first kappa shape index (κ1) is 11.1. The largest absolute Gasteiger partial charge is 0.497 e. The lowest BCUT2D eigenvalue weighted by molar-refractivity contribution is -0.0973. The fraction of sp³-hybridized carbons (Fsp3) is 0.571. The zero-order valence-electron chi connectivity index (χ0n) is 10.2. The van der Waals surface area contributed by atoms with Crippen LogP contribution in [0.15, 0.2) is 24.3 Å². The lowest BCUT2D eigenvalue weighted by Gasteiger charge is -2.48. The minimum atomic E-state index is 0.161. The highest BCUT2D eigenvalue weighted by Crippen LogP contribution is 2.61. The molecule has 3 rings (SSSR count). The molecule has 2 fully saturated rings. The van der Waals surface area contributed by atoms with Gasteiger partial charge < -0.3 is 15.2 Å². The van der Waals surface area contributed by atoms with Gasteiger partial charge in [-0.15, -0.1) is 0 Å². The van der Waals surface area contributed by atoms with Crippen LogP contribution >= 0.6 is 0 Å². The van der Waals surface area contributed by atoms with Crippen LogP contribution in [0, 0.1) is 5.41 Å². The highest BCUT2D eigenvalue weighted by Gasteiger charge is 2.62. The second-order valence-corrected chi connectivity index (χ2v) is 5.29. The third-order valence-electron chi connectivity index (χ3n) is 4.60. The van der Waals surface area contributed by atoms with Crippen molar-refractivity contribution in [3.05, 3.63) is 29.8 Å². The third kappa shape index (κ3) is 1.42. The lowest BCUT2D eigenvalue weighted by Crippen LogP contribution is -2.55. The average molecular weight is 233 g/mol. The van der Waals surface area contributed by atoms with Gasteiger partial charge in [-0.1, -0.05) is 12.1 Å². The van der Waals surface area contributed by atoms with Gasteiger partial charge in [-0.2, -0.15) is 0 Å². The summed E-state index contributed by atoms with van der Waals surface area (Å²) < 4.78 is 10.7. The van der Waals surface area contributed by atoms with Gasteiger partial charge in [0.2, 0.25) is 0 Å². The average Bonchev–Trinajstić information content (AvgIpc) is 3.10. The van der Waals surface area contributed by atoms with Crippen LogP contribution in [-0.4, -0.2) is 26.9 Å². The van der Waals surface area contributed by atoms with Gasteiger partial charge in [-0.3, -0.25) is 0 Å². The molecular formula is C14H19NO2. The predicted molar refractivity (Wildman–Crippen MR) is 66.2 cm³/mol. The molecule has 2 aliphatic rings. The summed E-state index contributed by atoms with van der Waals surface area (Å²) >= 11 is 0. The maximum Gasteiger partial charge on any atom is 0.118 e. The van der Waals surface area contributed by atoms with E-state index in [2.05, 4.69) is 12.1 Å². The number of ether oxygens (including phenoxy) is 2. The van der Waals surface area contributed by atoms with Crippen molar-refractivity contribution in [3.8, 4) is 5.75 Å². The van der Waals surface area contributed by atoms with Crippen molar-refractivity contribution in [3.63, 3.8) is 0 Å². The van der Waals surface area contributed by atoms with Crippen LogP contribution in [-0.2, 0) is 10.2 Å². The Morgan fingerprint density at radius 1 is 1.24 bits per heavy atom. The summed E-state index contributed by atoms with van der Waals surface area (Å²) in [6, 6.07) is 8.39. The molecule has 17 heavy (non-hydrogen) atoms. The van der Waals surface area contributed by atoms with Crippen molar-refractivity contribution < 1.29 is 9.47 Å². The summed E-state index contributed by atoms with van der Waals surface area (Å²) in [5.41, 5.74) is 7.78. The maximum absolute atomic E-state index is 5.98. The van der Waals surface area contributed by atoms with E-state index < -0.39 is 0 Å². The highest BCUT2D eigenvalue weighted by molar-refractivity contribution is 5.38. The Balaban J connectivity index is 1.94. The molecule has 0 aromatic heterocycles. The van der Waals surface area contributed by atoms with E-state index in [1.807, 2.05) is 12.1 Å². The molecule has 1 aromatic carbocycles. The van der Waals surface area contributed by atoms with Gasteiger partial charge in [0, 0.05) is 5.41 Å². The van der Waals surface area contributed by atoms with E-state index in [9.17, 15) is 0 Å². The minimum absolute atomic E-state index is 0.161. The molecule has 0 spiro atoms. The standard InChI is InChI=1S/C14H19NO2/c1-16-12-4-2-11(3-5-12)14(9-17-10-14)13(8-15)6-7-13/h2-5H,6-10,15H2,1H3. The number of benzene rings is 1. The second-order valence-electron chi connectivity index (χ2n) is 5.29. The Bertz CT molecular complexity index is 405. The first-order chi connectivity index (χ1) is 8.26. The van der Waals surface area contributed by atoms with Crippen molar-refractivity contribution in [1.82, 2.24) is 0 Å². The van der Waals surface area contributed by atoms with Crippen molar-refractivity contribution in [2.24, 2.45) is 11.1 Å². The molecular weight excluding hydrogens is 214 g/mol. The third-order valence-corrected chi connectivity index (χ3v) is 4.60. The smallest absolute Gasteiger partial charge is 0.118 e. The Hall–Kier alpha value is -1.06. The van der Waals surface area contributed by atoms with Crippen molar-refractivity contribution in [1.29, 1.82) is 0 Å². The fourth-order valence-electron chi connectivity index (χ4n) is 3.02. The molecule has 0 bridgehead atoms. The van der Waals surface area contributed by atoms with Crippen LogP contribution in [0.3, 0.4) is 0 Å². The van der Waals surface area contributed by atoms with E-state index in [0.717, 1.165) is 25.5 Å². The normalized spacial score (nSPS) is 23.9. The topological polar surface area (TPSA) is 44.5 Å². The zero-order chi connectivity index (χ0) is 11.9. The van der Waals surface area contributed by atoms with Gasteiger partial charge in [0.15, 0.2) is 0 Å². The van der Waals surface area contributed by atoms with Crippen molar-refractivity contribution >= 4 is 0 Å². The Labute approximate surface area is 102 Å². The highest BCUT2D eigenvalue weighted by atomic mass is 16.5. The van der Waals surface area contributed by atoms with Crippen LogP contribution in [0.4, 0.5) is 0 Å². The fourth-order valence-corrected chi connectivity index (χ4v) is 3.02. The molecule has 92 valence electrons. The minimum Gasteiger partial charge on any atom is -0.497 e. The van der Waals surface area contributed by atoms with Crippen molar-refractivity contribution in [2.45, 2.75) is 18.3 Å². The van der Waals surface area contributed by atoms with E-state index in [1.165, 1.54) is 18.4 Å². The summed E-state index contributed by atoms with van der Waals surface area (Å²) in [5.74, 6) is 0.904. The first-order valence-corrected chi connectivity index (χ1v) is 6.19. The Kier molecular flexibility index (Phi) is 2.42. The summed E-state index contributed by atoms with van der Waals surface area (Å²) in [6.45, 7) is 2.40. The summed E-state index contributed by atoms with van der Waals surface area (Å²) in [5, 5.41) is 0. The lowest BCUT2D eigenvalue weighted by atomic mass is 9.66. The predicted octanol–water partition coefficient (Wildman–Crippen LogP) is 1.70. The molecule has 3 heteroatoms. The van der Waals surface area contributed by atoms with Crippen LogP contribution in [0.1, 0.15) is 18.4 Å². The molecule has 1 aliphatic heterocycles. The van der Waals surface area contributed by atoms with Crippen LogP contribution < -0.4 is 10.5 Å². The van der Waals surface area contributed by atoms with Crippen LogP contribution in [0.25, 0.3) is 0 Å². The van der Waals surface area contributed by atoms with Gasteiger partial charge in [-0.05, 0) is 42.5 Å². The molecule has 1 aliphatic carbocycles. The molecule has 1 saturated carbocycles. The molecule has 0 atom stereocenters. The van der Waals surface area contributed by atoms with E-state index in [-0.39, 0.29) is 5.41 Å². The van der Waals surface area contributed by atoms with Gasteiger partial charge in [0.1, 0.15) is 5.75 Å². The molecule has 0 unspecified atom stereocenters. The first-order valence-electron chi connectivity index (χ1n) is 6.19.